The van der Waals surface area contributed by atoms with Crippen LogP contribution in [0.1, 0.15) is 23.7 Å². The van der Waals surface area contributed by atoms with Crippen molar-refractivity contribution in [2.75, 3.05) is 33.2 Å². The molecule has 2 aliphatic rings. The monoisotopic (exact) mass is 324 g/mol. The first-order valence-electron chi connectivity index (χ1n) is 8.67. The van der Waals surface area contributed by atoms with Crippen molar-refractivity contribution in [2.45, 2.75) is 18.8 Å². The molecule has 1 amide bonds. The zero-order valence-corrected chi connectivity index (χ0v) is 14.1. The molecule has 0 N–H and O–H groups in total. The Balaban J connectivity index is 1.40. The van der Waals surface area contributed by atoms with Crippen LogP contribution < -0.4 is 0 Å². The van der Waals surface area contributed by atoms with E-state index in [1.807, 2.05) is 35.2 Å². The fourth-order valence-corrected chi connectivity index (χ4v) is 4.27. The number of carbonyl (C=O) groups excluding carboxylic acids is 1. The number of furan rings is 1. The van der Waals surface area contributed by atoms with E-state index in [4.69, 9.17) is 4.42 Å². The number of hydrogen-bond donors (Lipinski definition) is 0. The van der Waals surface area contributed by atoms with Gasteiger partial charge in [0.15, 0.2) is 0 Å². The van der Waals surface area contributed by atoms with Crippen LogP contribution in [0.5, 0.6) is 0 Å². The molecule has 0 aliphatic carbocycles. The lowest BCUT2D eigenvalue weighted by atomic mass is 9.73. The summed E-state index contributed by atoms with van der Waals surface area (Å²) < 4.78 is 5.61. The first-order valence-corrected chi connectivity index (χ1v) is 8.67. The topological polar surface area (TPSA) is 36.7 Å². The van der Waals surface area contributed by atoms with E-state index in [2.05, 4.69) is 24.1 Å². The molecule has 1 aromatic heterocycles. The summed E-state index contributed by atoms with van der Waals surface area (Å²) in [7, 11) is 2.14. The molecule has 1 aromatic carbocycles. The van der Waals surface area contributed by atoms with Gasteiger partial charge in [-0.1, -0.05) is 30.3 Å². The molecule has 0 saturated carbocycles. The Labute approximate surface area is 143 Å². The summed E-state index contributed by atoms with van der Waals surface area (Å²) in [5.74, 6) is 1.27. The molecule has 4 rings (SSSR count). The molecule has 2 aliphatic heterocycles. The van der Waals surface area contributed by atoms with Crippen LogP contribution >= 0.6 is 0 Å². The molecule has 2 fully saturated rings. The van der Waals surface area contributed by atoms with E-state index in [9.17, 15) is 4.79 Å². The second-order valence-corrected chi connectivity index (χ2v) is 7.53. The quantitative estimate of drug-likeness (QED) is 0.848. The number of nitrogens with zero attached hydrogens (tertiary/aromatic N) is 2. The fourth-order valence-electron chi connectivity index (χ4n) is 4.27. The molecule has 0 bridgehead atoms. The molecular formula is C20H24N2O2. The van der Waals surface area contributed by atoms with E-state index < -0.39 is 0 Å². The maximum absolute atomic E-state index is 12.7. The SMILES string of the molecule is CN1CC2(C1)CN(C(=O)CC(Cc1ccccc1)c1ccco1)C2. The Hall–Kier alpha value is -2.07. The molecular weight excluding hydrogens is 300 g/mol. The normalized spacial score (nSPS) is 20.5. The van der Waals surface area contributed by atoms with Crippen molar-refractivity contribution in [1.29, 1.82) is 0 Å². The Kier molecular flexibility index (Phi) is 3.93. The van der Waals surface area contributed by atoms with E-state index in [1.165, 1.54) is 5.56 Å². The fraction of sp³-hybridized carbons (Fsp3) is 0.450. The number of rotatable bonds is 5. The third-order valence-corrected chi connectivity index (χ3v) is 5.31. The maximum atomic E-state index is 12.7. The van der Waals surface area contributed by atoms with Crippen molar-refractivity contribution in [1.82, 2.24) is 9.80 Å². The molecule has 3 heterocycles. The van der Waals surface area contributed by atoms with E-state index in [1.54, 1.807) is 6.26 Å². The summed E-state index contributed by atoms with van der Waals surface area (Å²) >= 11 is 0. The first kappa shape index (κ1) is 15.5. The molecule has 0 radical (unpaired) electrons. The molecule has 126 valence electrons. The Morgan fingerprint density at radius 3 is 2.50 bits per heavy atom. The molecule has 1 spiro atoms. The van der Waals surface area contributed by atoms with Crippen LogP contribution in [0.2, 0.25) is 0 Å². The van der Waals surface area contributed by atoms with E-state index in [-0.39, 0.29) is 11.8 Å². The minimum atomic E-state index is 0.107. The molecule has 4 heteroatoms. The Morgan fingerprint density at radius 1 is 1.12 bits per heavy atom. The van der Waals surface area contributed by atoms with Gasteiger partial charge in [0.05, 0.1) is 6.26 Å². The highest BCUT2D eigenvalue weighted by Gasteiger charge is 2.51. The van der Waals surface area contributed by atoms with Crippen LogP contribution in [0, 0.1) is 5.41 Å². The van der Waals surface area contributed by atoms with Gasteiger partial charge in [-0.05, 0) is 31.2 Å². The van der Waals surface area contributed by atoms with E-state index >= 15 is 0 Å². The van der Waals surface area contributed by atoms with Gasteiger partial charge in [-0.15, -0.1) is 0 Å². The summed E-state index contributed by atoms with van der Waals surface area (Å²) in [4.78, 5) is 17.0. The average molecular weight is 324 g/mol. The van der Waals surface area contributed by atoms with E-state index in [0.717, 1.165) is 38.4 Å². The number of amides is 1. The largest absolute Gasteiger partial charge is 0.469 e. The molecule has 2 saturated heterocycles. The van der Waals surface area contributed by atoms with Crippen molar-refractivity contribution in [3.05, 3.63) is 60.1 Å². The Morgan fingerprint density at radius 2 is 1.88 bits per heavy atom. The third-order valence-electron chi connectivity index (χ3n) is 5.31. The van der Waals surface area contributed by atoms with Gasteiger partial charge in [-0.25, -0.2) is 0 Å². The number of carbonyl (C=O) groups is 1. The zero-order chi connectivity index (χ0) is 16.6. The number of likely N-dealkylation sites (tertiary alicyclic amines) is 2. The minimum absolute atomic E-state index is 0.107. The van der Waals surface area contributed by atoms with Crippen molar-refractivity contribution in [3.63, 3.8) is 0 Å². The van der Waals surface area contributed by atoms with Crippen LogP contribution in [0.25, 0.3) is 0 Å². The highest BCUT2D eigenvalue weighted by atomic mass is 16.3. The molecule has 24 heavy (non-hydrogen) atoms. The predicted octanol–water partition coefficient (Wildman–Crippen LogP) is 2.77. The van der Waals surface area contributed by atoms with Gasteiger partial charge in [0, 0.05) is 43.9 Å². The third kappa shape index (κ3) is 2.98. The first-order chi connectivity index (χ1) is 11.6. The van der Waals surface area contributed by atoms with Crippen LogP contribution in [0.15, 0.2) is 53.1 Å². The van der Waals surface area contributed by atoms with Crippen LogP contribution in [0.3, 0.4) is 0 Å². The van der Waals surface area contributed by atoms with Crippen molar-refractivity contribution in [2.24, 2.45) is 5.41 Å². The van der Waals surface area contributed by atoms with Gasteiger partial charge in [-0.2, -0.15) is 0 Å². The minimum Gasteiger partial charge on any atom is -0.469 e. The maximum Gasteiger partial charge on any atom is 0.223 e. The smallest absolute Gasteiger partial charge is 0.223 e. The lowest BCUT2D eigenvalue weighted by Crippen LogP contribution is -2.72. The lowest BCUT2D eigenvalue weighted by molar-refractivity contribution is -0.157. The predicted molar refractivity (Wildman–Crippen MR) is 92.7 cm³/mol. The van der Waals surface area contributed by atoms with Crippen LogP contribution in [-0.4, -0.2) is 48.9 Å². The van der Waals surface area contributed by atoms with Crippen molar-refractivity contribution < 1.29 is 9.21 Å². The van der Waals surface area contributed by atoms with Gasteiger partial charge >= 0.3 is 0 Å². The number of benzene rings is 1. The summed E-state index contributed by atoms with van der Waals surface area (Å²) in [5.41, 5.74) is 1.64. The summed E-state index contributed by atoms with van der Waals surface area (Å²) in [6, 6.07) is 14.2. The molecule has 2 aromatic rings. The standard InChI is InChI=1S/C20H24N2O2/c1-21-12-20(13-21)14-22(15-20)19(23)11-17(18-8-5-9-24-18)10-16-6-3-2-4-7-16/h2-9,17H,10-15H2,1H3. The highest BCUT2D eigenvalue weighted by Crippen LogP contribution is 2.39. The van der Waals surface area contributed by atoms with Crippen LogP contribution in [0.4, 0.5) is 0 Å². The zero-order valence-electron chi connectivity index (χ0n) is 14.1. The van der Waals surface area contributed by atoms with Crippen molar-refractivity contribution >= 4 is 5.91 Å². The highest BCUT2D eigenvalue weighted by molar-refractivity contribution is 5.78. The van der Waals surface area contributed by atoms with Crippen molar-refractivity contribution in [3.8, 4) is 0 Å². The van der Waals surface area contributed by atoms with Gasteiger partial charge in [0.1, 0.15) is 5.76 Å². The molecule has 4 nitrogen and oxygen atoms in total. The summed E-state index contributed by atoms with van der Waals surface area (Å²) in [6.07, 6.45) is 3.05. The molecule has 1 atom stereocenters. The van der Waals surface area contributed by atoms with Gasteiger partial charge in [-0.3, -0.25) is 4.79 Å². The lowest BCUT2D eigenvalue weighted by Gasteiger charge is -2.59. The van der Waals surface area contributed by atoms with Crippen LogP contribution in [-0.2, 0) is 11.2 Å². The second-order valence-electron chi connectivity index (χ2n) is 7.53. The van der Waals surface area contributed by atoms with E-state index in [0.29, 0.717) is 11.8 Å². The number of hydrogen-bond acceptors (Lipinski definition) is 3. The average Bonchev–Trinajstić information content (AvgIpc) is 3.04. The summed E-state index contributed by atoms with van der Waals surface area (Å²) in [6.45, 7) is 4.10. The van der Waals surface area contributed by atoms with Gasteiger partial charge in [0.2, 0.25) is 5.91 Å². The summed E-state index contributed by atoms with van der Waals surface area (Å²) in [5, 5.41) is 0. The Bertz CT molecular complexity index is 682. The second kappa shape index (κ2) is 6.10. The molecule has 1 unspecified atom stereocenters. The van der Waals surface area contributed by atoms with Gasteiger partial charge < -0.3 is 14.2 Å². The van der Waals surface area contributed by atoms with Gasteiger partial charge in [0.25, 0.3) is 0 Å².